The number of nitrogens with two attached hydrogens (primary N) is 1. The summed E-state index contributed by atoms with van der Waals surface area (Å²) in [7, 11) is 1.86. The van der Waals surface area contributed by atoms with Crippen molar-refractivity contribution in [3.63, 3.8) is 0 Å². The van der Waals surface area contributed by atoms with Gasteiger partial charge in [0.1, 0.15) is 11.6 Å². The SMILES string of the molecule is Cn1nc(CC(N)c2cc(F)cc(F)c2)c2ccccc21. The maximum atomic E-state index is 13.3. The summed E-state index contributed by atoms with van der Waals surface area (Å²) in [5, 5.41) is 5.46. The molecule has 1 atom stereocenters. The zero-order chi connectivity index (χ0) is 15.0. The fraction of sp³-hybridized carbons (Fsp3) is 0.188. The number of para-hydroxylation sites is 1. The molecule has 0 aliphatic carbocycles. The van der Waals surface area contributed by atoms with Crippen LogP contribution in [0.15, 0.2) is 42.5 Å². The van der Waals surface area contributed by atoms with E-state index in [1.54, 1.807) is 4.68 Å². The number of hydrogen-bond donors (Lipinski definition) is 1. The number of nitrogens with zero attached hydrogens (tertiary/aromatic N) is 2. The summed E-state index contributed by atoms with van der Waals surface area (Å²) in [6.07, 6.45) is 0.421. The second-order valence-electron chi connectivity index (χ2n) is 5.10. The predicted molar refractivity (Wildman–Crippen MR) is 77.7 cm³/mol. The average molecular weight is 287 g/mol. The van der Waals surface area contributed by atoms with Crippen LogP contribution in [-0.2, 0) is 13.5 Å². The first-order chi connectivity index (χ1) is 10.0. The molecule has 3 rings (SSSR count). The second-order valence-corrected chi connectivity index (χ2v) is 5.10. The molecule has 3 nitrogen and oxygen atoms in total. The molecule has 1 heterocycles. The molecular formula is C16H15F2N3. The molecule has 1 unspecified atom stereocenters. The Hall–Kier alpha value is -2.27. The van der Waals surface area contributed by atoms with E-state index in [9.17, 15) is 8.78 Å². The van der Waals surface area contributed by atoms with Crippen molar-refractivity contribution >= 4 is 10.9 Å². The average Bonchev–Trinajstić information content (AvgIpc) is 2.75. The van der Waals surface area contributed by atoms with Crippen LogP contribution < -0.4 is 5.73 Å². The first-order valence-electron chi connectivity index (χ1n) is 6.67. The number of aromatic nitrogens is 2. The van der Waals surface area contributed by atoms with E-state index in [0.29, 0.717) is 12.0 Å². The van der Waals surface area contributed by atoms with Crippen LogP contribution in [0.3, 0.4) is 0 Å². The van der Waals surface area contributed by atoms with Crippen molar-refractivity contribution in [2.75, 3.05) is 0 Å². The summed E-state index contributed by atoms with van der Waals surface area (Å²) in [5.74, 6) is -1.24. The summed E-state index contributed by atoms with van der Waals surface area (Å²) in [5.41, 5.74) is 8.34. The highest BCUT2D eigenvalue weighted by Gasteiger charge is 2.15. The fourth-order valence-electron chi connectivity index (χ4n) is 2.55. The largest absolute Gasteiger partial charge is 0.324 e. The van der Waals surface area contributed by atoms with Crippen molar-refractivity contribution in [3.8, 4) is 0 Å². The van der Waals surface area contributed by atoms with Crippen LogP contribution in [-0.4, -0.2) is 9.78 Å². The number of aryl methyl sites for hydroxylation is 1. The molecule has 0 aliphatic rings. The maximum absolute atomic E-state index is 13.3. The van der Waals surface area contributed by atoms with Crippen molar-refractivity contribution < 1.29 is 8.78 Å². The molecule has 0 spiro atoms. The molecule has 0 fully saturated rings. The third-order valence-corrected chi connectivity index (χ3v) is 3.56. The third kappa shape index (κ3) is 2.64. The smallest absolute Gasteiger partial charge is 0.126 e. The Kier molecular flexibility index (Phi) is 3.43. The Morgan fingerprint density at radius 3 is 2.52 bits per heavy atom. The molecular weight excluding hydrogens is 272 g/mol. The van der Waals surface area contributed by atoms with Gasteiger partial charge in [0, 0.05) is 31.0 Å². The van der Waals surface area contributed by atoms with E-state index in [0.717, 1.165) is 22.7 Å². The lowest BCUT2D eigenvalue weighted by Gasteiger charge is -2.11. The van der Waals surface area contributed by atoms with Crippen molar-refractivity contribution in [2.45, 2.75) is 12.5 Å². The van der Waals surface area contributed by atoms with E-state index in [-0.39, 0.29) is 0 Å². The van der Waals surface area contributed by atoms with E-state index < -0.39 is 17.7 Å². The number of halogens is 2. The fourth-order valence-corrected chi connectivity index (χ4v) is 2.55. The van der Waals surface area contributed by atoms with Crippen LogP contribution in [0, 0.1) is 11.6 Å². The summed E-state index contributed by atoms with van der Waals surface area (Å²) in [4.78, 5) is 0. The number of benzene rings is 2. The van der Waals surface area contributed by atoms with Gasteiger partial charge in [0.05, 0.1) is 11.2 Å². The van der Waals surface area contributed by atoms with Crippen molar-refractivity contribution in [1.82, 2.24) is 9.78 Å². The minimum atomic E-state index is -0.619. The molecule has 0 saturated carbocycles. The van der Waals surface area contributed by atoms with Crippen LogP contribution in [0.1, 0.15) is 17.3 Å². The van der Waals surface area contributed by atoms with Gasteiger partial charge in [0.25, 0.3) is 0 Å². The Labute approximate surface area is 121 Å². The quantitative estimate of drug-likeness (QED) is 0.804. The van der Waals surface area contributed by atoms with Crippen LogP contribution in [0.4, 0.5) is 8.78 Å². The van der Waals surface area contributed by atoms with E-state index in [2.05, 4.69) is 5.10 Å². The topological polar surface area (TPSA) is 43.8 Å². The van der Waals surface area contributed by atoms with Crippen LogP contribution in [0.5, 0.6) is 0 Å². The molecule has 1 aromatic heterocycles. The zero-order valence-corrected chi connectivity index (χ0v) is 11.6. The summed E-state index contributed by atoms with van der Waals surface area (Å²) < 4.78 is 28.3. The lowest BCUT2D eigenvalue weighted by Crippen LogP contribution is -2.14. The lowest BCUT2D eigenvalue weighted by molar-refractivity contribution is 0.571. The highest BCUT2D eigenvalue weighted by molar-refractivity contribution is 5.81. The number of fused-ring (bicyclic) bond motifs is 1. The first kappa shape index (κ1) is 13.7. The van der Waals surface area contributed by atoms with Gasteiger partial charge in [-0.25, -0.2) is 8.78 Å². The molecule has 108 valence electrons. The summed E-state index contributed by atoms with van der Waals surface area (Å²) in [6, 6.07) is 10.7. The normalized spacial score (nSPS) is 12.8. The van der Waals surface area contributed by atoms with E-state index in [1.165, 1.54) is 12.1 Å². The van der Waals surface area contributed by atoms with Crippen LogP contribution >= 0.6 is 0 Å². The van der Waals surface area contributed by atoms with Gasteiger partial charge >= 0.3 is 0 Å². The molecule has 3 aromatic rings. The highest BCUT2D eigenvalue weighted by atomic mass is 19.1. The van der Waals surface area contributed by atoms with Gasteiger partial charge < -0.3 is 5.73 Å². The van der Waals surface area contributed by atoms with Gasteiger partial charge in [-0.05, 0) is 23.8 Å². The van der Waals surface area contributed by atoms with E-state index in [4.69, 9.17) is 5.73 Å². The molecule has 0 radical (unpaired) electrons. The van der Waals surface area contributed by atoms with Gasteiger partial charge in [-0.3, -0.25) is 4.68 Å². The molecule has 2 aromatic carbocycles. The maximum Gasteiger partial charge on any atom is 0.126 e. The van der Waals surface area contributed by atoms with Gasteiger partial charge in [-0.15, -0.1) is 0 Å². The molecule has 2 N–H and O–H groups in total. The van der Waals surface area contributed by atoms with Gasteiger partial charge in [-0.2, -0.15) is 5.10 Å². The number of hydrogen-bond acceptors (Lipinski definition) is 2. The Morgan fingerprint density at radius 1 is 1.14 bits per heavy atom. The standard InChI is InChI=1S/C16H15F2N3/c1-21-16-5-3-2-4-13(16)15(20-21)9-14(19)10-6-11(17)8-12(18)7-10/h2-8,14H,9,19H2,1H3. The highest BCUT2D eigenvalue weighted by Crippen LogP contribution is 2.23. The third-order valence-electron chi connectivity index (χ3n) is 3.56. The molecule has 5 heteroatoms. The van der Waals surface area contributed by atoms with Gasteiger partial charge in [0.15, 0.2) is 0 Å². The van der Waals surface area contributed by atoms with Crippen LogP contribution in [0.2, 0.25) is 0 Å². The molecule has 0 bridgehead atoms. The van der Waals surface area contributed by atoms with Crippen molar-refractivity contribution in [2.24, 2.45) is 12.8 Å². The lowest BCUT2D eigenvalue weighted by atomic mass is 10.0. The first-order valence-corrected chi connectivity index (χ1v) is 6.67. The van der Waals surface area contributed by atoms with Crippen molar-refractivity contribution in [3.05, 3.63) is 65.4 Å². The summed E-state index contributed by atoms with van der Waals surface area (Å²) in [6.45, 7) is 0. The molecule has 0 amide bonds. The minimum absolute atomic E-state index is 0.421. The Morgan fingerprint density at radius 2 is 1.81 bits per heavy atom. The minimum Gasteiger partial charge on any atom is -0.324 e. The Balaban J connectivity index is 1.94. The molecule has 0 aliphatic heterocycles. The van der Waals surface area contributed by atoms with Gasteiger partial charge in [0.2, 0.25) is 0 Å². The van der Waals surface area contributed by atoms with E-state index >= 15 is 0 Å². The molecule has 0 saturated heterocycles. The van der Waals surface area contributed by atoms with E-state index in [1.807, 2.05) is 31.3 Å². The second kappa shape index (κ2) is 5.26. The number of rotatable bonds is 3. The molecule has 21 heavy (non-hydrogen) atoms. The van der Waals surface area contributed by atoms with Crippen LogP contribution in [0.25, 0.3) is 10.9 Å². The Bertz CT molecular complexity index is 775. The van der Waals surface area contributed by atoms with Crippen molar-refractivity contribution in [1.29, 1.82) is 0 Å². The zero-order valence-electron chi connectivity index (χ0n) is 11.6. The summed E-state index contributed by atoms with van der Waals surface area (Å²) >= 11 is 0. The van der Waals surface area contributed by atoms with Gasteiger partial charge in [-0.1, -0.05) is 18.2 Å². The predicted octanol–water partition coefficient (Wildman–Crippen LogP) is 3.09. The monoisotopic (exact) mass is 287 g/mol.